The average Bonchev–Trinajstić information content (AvgIpc) is 2.99. The lowest BCUT2D eigenvalue weighted by molar-refractivity contribution is -0.139. The lowest BCUT2D eigenvalue weighted by atomic mass is 10.2. The molecule has 98 valence electrons. The Hall–Kier alpha value is -1.82. The van der Waals surface area contributed by atoms with Gasteiger partial charge in [-0.05, 0) is 19.1 Å². The summed E-state index contributed by atoms with van der Waals surface area (Å²) in [5, 5.41) is 5.67. The van der Waals surface area contributed by atoms with Crippen molar-refractivity contribution in [3.8, 4) is 0 Å². The zero-order valence-electron chi connectivity index (χ0n) is 10.1. The summed E-state index contributed by atoms with van der Waals surface area (Å²) in [7, 11) is 0. The van der Waals surface area contributed by atoms with E-state index in [4.69, 9.17) is 9.15 Å². The fourth-order valence-corrected chi connectivity index (χ4v) is 1.77. The quantitative estimate of drug-likeness (QED) is 0.731. The van der Waals surface area contributed by atoms with E-state index in [0.29, 0.717) is 25.3 Å². The van der Waals surface area contributed by atoms with Gasteiger partial charge in [0, 0.05) is 6.42 Å². The van der Waals surface area contributed by atoms with E-state index in [1.807, 2.05) is 0 Å². The molecule has 2 atom stereocenters. The largest absolute Gasteiger partial charge is 0.467 e. The highest BCUT2D eigenvalue weighted by atomic mass is 16.5. The minimum atomic E-state index is -0.449. The number of ether oxygens (including phenoxy) is 1. The molecule has 1 fully saturated rings. The van der Waals surface area contributed by atoms with Crippen LogP contribution in [0.2, 0.25) is 0 Å². The first kappa shape index (κ1) is 12.6. The molecule has 2 rings (SSSR count). The Kier molecular flexibility index (Phi) is 3.99. The number of carbonyl (C=O) groups is 2. The van der Waals surface area contributed by atoms with Crippen LogP contribution in [0.15, 0.2) is 22.8 Å². The van der Waals surface area contributed by atoms with Gasteiger partial charge in [-0.1, -0.05) is 0 Å². The second kappa shape index (κ2) is 5.68. The van der Waals surface area contributed by atoms with Crippen LogP contribution < -0.4 is 10.6 Å². The van der Waals surface area contributed by atoms with E-state index in [1.54, 1.807) is 25.3 Å². The predicted octanol–water partition coefficient (Wildman–Crippen LogP) is 0.189. The number of carbonyl (C=O) groups excluding carboxylic acids is 2. The van der Waals surface area contributed by atoms with Gasteiger partial charge in [0.2, 0.25) is 5.91 Å². The first-order chi connectivity index (χ1) is 8.66. The van der Waals surface area contributed by atoms with E-state index in [1.165, 1.54) is 0 Å². The Bertz CT molecular complexity index is 416. The summed E-state index contributed by atoms with van der Waals surface area (Å²) in [5.41, 5.74) is 0. The molecule has 18 heavy (non-hydrogen) atoms. The Morgan fingerprint density at radius 1 is 1.61 bits per heavy atom. The van der Waals surface area contributed by atoms with E-state index in [0.717, 1.165) is 0 Å². The molecule has 0 aromatic carbocycles. The van der Waals surface area contributed by atoms with Crippen LogP contribution >= 0.6 is 0 Å². The number of rotatable bonds is 5. The average molecular weight is 252 g/mol. The number of nitrogens with one attached hydrogen (secondary N) is 2. The van der Waals surface area contributed by atoms with Gasteiger partial charge in [-0.3, -0.25) is 14.9 Å². The lowest BCUT2D eigenvalue weighted by Crippen LogP contribution is -2.47. The van der Waals surface area contributed by atoms with Gasteiger partial charge in [0.15, 0.2) is 0 Å². The summed E-state index contributed by atoms with van der Waals surface area (Å²) < 4.78 is 9.92. The zero-order chi connectivity index (χ0) is 13.0. The topological polar surface area (TPSA) is 80.6 Å². The predicted molar refractivity (Wildman–Crippen MR) is 62.5 cm³/mol. The van der Waals surface area contributed by atoms with Gasteiger partial charge >= 0.3 is 5.97 Å². The molecule has 1 aliphatic heterocycles. The molecule has 6 nitrogen and oxygen atoms in total. The molecular weight excluding hydrogens is 236 g/mol. The summed E-state index contributed by atoms with van der Waals surface area (Å²) in [5.74, 6) is 0.225. The van der Waals surface area contributed by atoms with E-state index >= 15 is 0 Å². The summed E-state index contributed by atoms with van der Waals surface area (Å²) in [6.45, 7) is 2.47. The van der Waals surface area contributed by atoms with Gasteiger partial charge in [0.1, 0.15) is 11.8 Å². The SMILES string of the molecule is CC(NC1CCOC1=O)C(=O)NCc1ccco1. The second-order valence-electron chi connectivity index (χ2n) is 4.19. The minimum Gasteiger partial charge on any atom is -0.467 e. The van der Waals surface area contributed by atoms with Crippen LogP contribution in [-0.4, -0.2) is 30.6 Å². The monoisotopic (exact) mass is 252 g/mol. The molecule has 2 heterocycles. The summed E-state index contributed by atoms with van der Waals surface area (Å²) in [6.07, 6.45) is 2.16. The standard InChI is InChI=1S/C12H16N2O4/c1-8(14-10-4-6-18-12(10)16)11(15)13-7-9-3-2-5-17-9/h2-3,5,8,10,14H,4,6-7H2,1H3,(H,13,15). The van der Waals surface area contributed by atoms with Gasteiger partial charge in [-0.2, -0.15) is 0 Å². The molecular formula is C12H16N2O4. The Balaban J connectivity index is 1.76. The smallest absolute Gasteiger partial charge is 0.323 e. The van der Waals surface area contributed by atoms with Crippen molar-refractivity contribution in [2.75, 3.05) is 6.61 Å². The molecule has 0 aliphatic carbocycles. The van der Waals surface area contributed by atoms with E-state index < -0.39 is 6.04 Å². The van der Waals surface area contributed by atoms with Gasteiger partial charge in [0.05, 0.1) is 25.5 Å². The first-order valence-electron chi connectivity index (χ1n) is 5.89. The molecule has 2 N–H and O–H groups in total. The molecule has 1 aromatic heterocycles. The van der Waals surface area contributed by atoms with E-state index in [2.05, 4.69) is 10.6 Å². The van der Waals surface area contributed by atoms with Gasteiger partial charge < -0.3 is 14.5 Å². The molecule has 1 amide bonds. The summed E-state index contributed by atoms with van der Waals surface area (Å²) >= 11 is 0. The van der Waals surface area contributed by atoms with Gasteiger partial charge in [-0.25, -0.2) is 0 Å². The number of amides is 1. The van der Waals surface area contributed by atoms with Crippen molar-refractivity contribution >= 4 is 11.9 Å². The molecule has 0 bridgehead atoms. The summed E-state index contributed by atoms with van der Waals surface area (Å²) in [6, 6.07) is 2.72. The maximum absolute atomic E-state index is 11.8. The van der Waals surface area contributed by atoms with Crippen molar-refractivity contribution < 1.29 is 18.7 Å². The fraction of sp³-hybridized carbons (Fsp3) is 0.500. The number of esters is 1. The molecule has 1 aliphatic rings. The number of cyclic esters (lactones) is 1. The highest BCUT2D eigenvalue weighted by Gasteiger charge is 2.29. The van der Waals surface area contributed by atoms with Crippen LogP contribution in [0.1, 0.15) is 19.1 Å². The normalized spacial score (nSPS) is 20.5. The van der Waals surface area contributed by atoms with Crippen molar-refractivity contribution in [1.82, 2.24) is 10.6 Å². The number of hydrogen-bond acceptors (Lipinski definition) is 5. The van der Waals surface area contributed by atoms with E-state index in [-0.39, 0.29) is 17.9 Å². The number of furan rings is 1. The van der Waals surface area contributed by atoms with Gasteiger partial charge in [0.25, 0.3) is 0 Å². The van der Waals surface area contributed by atoms with Crippen molar-refractivity contribution in [3.63, 3.8) is 0 Å². The molecule has 0 spiro atoms. The third-order valence-electron chi connectivity index (χ3n) is 2.80. The van der Waals surface area contributed by atoms with Crippen LogP contribution in [-0.2, 0) is 20.9 Å². The third-order valence-corrected chi connectivity index (χ3v) is 2.80. The van der Waals surface area contributed by atoms with Crippen LogP contribution in [0.25, 0.3) is 0 Å². The number of hydrogen-bond donors (Lipinski definition) is 2. The Morgan fingerprint density at radius 2 is 2.44 bits per heavy atom. The third kappa shape index (κ3) is 3.10. The van der Waals surface area contributed by atoms with Gasteiger partial charge in [-0.15, -0.1) is 0 Å². The van der Waals surface area contributed by atoms with Crippen LogP contribution in [0, 0.1) is 0 Å². The van der Waals surface area contributed by atoms with Crippen LogP contribution in [0.5, 0.6) is 0 Å². The van der Waals surface area contributed by atoms with Crippen molar-refractivity contribution in [1.29, 1.82) is 0 Å². The van der Waals surface area contributed by atoms with Crippen molar-refractivity contribution in [3.05, 3.63) is 24.2 Å². The minimum absolute atomic E-state index is 0.175. The second-order valence-corrected chi connectivity index (χ2v) is 4.19. The Labute approximate surface area is 105 Å². The molecule has 2 unspecified atom stereocenters. The molecule has 0 saturated carbocycles. The molecule has 1 saturated heterocycles. The molecule has 6 heteroatoms. The maximum Gasteiger partial charge on any atom is 0.323 e. The Morgan fingerprint density at radius 3 is 3.06 bits per heavy atom. The first-order valence-corrected chi connectivity index (χ1v) is 5.89. The maximum atomic E-state index is 11.8. The van der Waals surface area contributed by atoms with Crippen molar-refractivity contribution in [2.45, 2.75) is 32.0 Å². The molecule has 0 radical (unpaired) electrons. The zero-order valence-corrected chi connectivity index (χ0v) is 10.1. The fourth-order valence-electron chi connectivity index (χ4n) is 1.77. The van der Waals surface area contributed by atoms with Crippen LogP contribution in [0.4, 0.5) is 0 Å². The van der Waals surface area contributed by atoms with Crippen LogP contribution in [0.3, 0.4) is 0 Å². The van der Waals surface area contributed by atoms with Crippen molar-refractivity contribution in [2.24, 2.45) is 0 Å². The lowest BCUT2D eigenvalue weighted by Gasteiger charge is -2.16. The molecule has 1 aromatic rings. The highest BCUT2D eigenvalue weighted by Crippen LogP contribution is 2.06. The van der Waals surface area contributed by atoms with E-state index in [9.17, 15) is 9.59 Å². The highest BCUT2D eigenvalue weighted by molar-refractivity contribution is 5.83. The summed E-state index contributed by atoms with van der Waals surface area (Å²) in [4.78, 5) is 23.0.